The van der Waals surface area contributed by atoms with Crippen molar-refractivity contribution < 1.29 is 9.53 Å². The summed E-state index contributed by atoms with van der Waals surface area (Å²) in [5.41, 5.74) is 1.52. The number of ether oxygens (including phenoxy) is 1. The van der Waals surface area contributed by atoms with Crippen LogP contribution >= 0.6 is 0 Å². The van der Waals surface area contributed by atoms with Gasteiger partial charge in [0.15, 0.2) is 0 Å². The van der Waals surface area contributed by atoms with Crippen molar-refractivity contribution in [2.75, 3.05) is 13.2 Å². The molecule has 4 nitrogen and oxygen atoms in total. The van der Waals surface area contributed by atoms with Crippen LogP contribution in [0.15, 0.2) is 18.3 Å². The van der Waals surface area contributed by atoms with Gasteiger partial charge in [-0.15, -0.1) is 0 Å². The number of hydrogen-bond acceptors (Lipinski definition) is 3. The van der Waals surface area contributed by atoms with Crippen molar-refractivity contribution in [3.05, 3.63) is 29.6 Å². The number of aromatic nitrogens is 1. The Morgan fingerprint density at radius 3 is 2.90 bits per heavy atom. The maximum absolute atomic E-state index is 12.2. The lowest BCUT2D eigenvalue weighted by atomic mass is 9.81. The van der Waals surface area contributed by atoms with Crippen LogP contribution in [0.4, 0.5) is 0 Å². The van der Waals surface area contributed by atoms with Crippen molar-refractivity contribution in [2.45, 2.75) is 40.2 Å². The molecule has 1 aliphatic heterocycles. The smallest absolute Gasteiger partial charge is 0.270 e. The first-order valence-electron chi connectivity index (χ1n) is 7.21. The second-order valence-corrected chi connectivity index (χ2v) is 6.59. The fourth-order valence-corrected chi connectivity index (χ4v) is 2.83. The highest BCUT2D eigenvalue weighted by atomic mass is 16.5. The molecular formula is C16H24N2O2. The van der Waals surface area contributed by atoms with Crippen LogP contribution in [0.3, 0.4) is 0 Å². The van der Waals surface area contributed by atoms with Crippen molar-refractivity contribution in [3.63, 3.8) is 0 Å². The quantitative estimate of drug-likeness (QED) is 0.923. The molecule has 0 aliphatic carbocycles. The van der Waals surface area contributed by atoms with E-state index in [0.29, 0.717) is 18.2 Å². The van der Waals surface area contributed by atoms with E-state index in [1.807, 2.05) is 19.1 Å². The zero-order chi connectivity index (χ0) is 14.8. The summed E-state index contributed by atoms with van der Waals surface area (Å²) in [6.45, 7) is 9.88. The molecule has 0 radical (unpaired) electrons. The average Bonchev–Trinajstić information content (AvgIpc) is 2.84. The van der Waals surface area contributed by atoms with Gasteiger partial charge in [-0.25, -0.2) is 0 Å². The molecule has 1 N–H and O–H groups in total. The van der Waals surface area contributed by atoms with Crippen molar-refractivity contribution in [1.82, 2.24) is 10.3 Å². The molecule has 2 heterocycles. The van der Waals surface area contributed by atoms with E-state index in [-0.39, 0.29) is 17.4 Å². The lowest BCUT2D eigenvalue weighted by molar-refractivity contribution is 0.00736. The second-order valence-electron chi connectivity index (χ2n) is 6.59. The van der Waals surface area contributed by atoms with Crippen LogP contribution in [0.1, 0.15) is 43.2 Å². The van der Waals surface area contributed by atoms with Crippen LogP contribution in [-0.4, -0.2) is 30.1 Å². The lowest BCUT2D eigenvalue weighted by Gasteiger charge is -2.31. The minimum absolute atomic E-state index is 0.0948. The highest BCUT2D eigenvalue weighted by Gasteiger charge is 2.37. The van der Waals surface area contributed by atoms with E-state index in [4.69, 9.17) is 4.74 Å². The van der Waals surface area contributed by atoms with Gasteiger partial charge in [0, 0.05) is 25.3 Å². The fraction of sp³-hybridized carbons (Fsp3) is 0.625. The molecule has 2 rings (SSSR count). The summed E-state index contributed by atoms with van der Waals surface area (Å²) in [6, 6.07) is 3.74. The highest BCUT2D eigenvalue weighted by molar-refractivity contribution is 5.93. The fourth-order valence-electron chi connectivity index (χ4n) is 2.83. The summed E-state index contributed by atoms with van der Waals surface area (Å²) in [5, 5.41) is 3.00. The molecule has 20 heavy (non-hydrogen) atoms. The van der Waals surface area contributed by atoms with Gasteiger partial charge in [0.1, 0.15) is 5.69 Å². The summed E-state index contributed by atoms with van der Waals surface area (Å²) in [6.07, 6.45) is 2.86. The van der Waals surface area contributed by atoms with Gasteiger partial charge in [-0.05, 0) is 30.4 Å². The Morgan fingerprint density at radius 2 is 2.25 bits per heavy atom. The molecule has 2 atom stereocenters. The Kier molecular flexibility index (Phi) is 4.43. The molecule has 1 fully saturated rings. The van der Waals surface area contributed by atoms with E-state index < -0.39 is 0 Å². The molecule has 0 spiro atoms. The first kappa shape index (κ1) is 15.0. The number of carbonyl (C=O) groups is 1. The Labute approximate surface area is 120 Å². The molecule has 0 saturated carbocycles. The summed E-state index contributed by atoms with van der Waals surface area (Å²) in [5.74, 6) is 0.283. The van der Waals surface area contributed by atoms with Crippen LogP contribution in [0.2, 0.25) is 0 Å². The predicted octanol–water partition coefficient (Wildman–Crippen LogP) is 2.57. The maximum atomic E-state index is 12.2. The third kappa shape index (κ3) is 3.37. The molecular weight excluding hydrogens is 252 g/mol. The third-order valence-electron chi connectivity index (χ3n) is 3.82. The van der Waals surface area contributed by atoms with E-state index in [1.165, 1.54) is 0 Å². The first-order valence-corrected chi connectivity index (χ1v) is 7.21. The molecule has 1 saturated heterocycles. The Balaban J connectivity index is 1.95. The summed E-state index contributed by atoms with van der Waals surface area (Å²) in [4.78, 5) is 16.3. The van der Waals surface area contributed by atoms with Crippen molar-refractivity contribution >= 4 is 5.91 Å². The summed E-state index contributed by atoms with van der Waals surface area (Å²) in [7, 11) is 0. The Morgan fingerprint density at radius 1 is 1.50 bits per heavy atom. The molecule has 1 amide bonds. The van der Waals surface area contributed by atoms with Crippen molar-refractivity contribution in [2.24, 2.45) is 11.3 Å². The average molecular weight is 276 g/mol. The standard InChI is InChI=1S/C16H24N2O2/c1-11-6-5-8-17-13(11)15(19)18-10-12-7-9-20-14(12)16(2,3)4/h5-6,8,12,14H,7,9-10H2,1-4H3,(H,18,19)/t12-,14+/m1/s1. The van der Waals surface area contributed by atoms with Crippen LogP contribution in [-0.2, 0) is 4.74 Å². The van der Waals surface area contributed by atoms with Crippen LogP contribution in [0.5, 0.6) is 0 Å². The normalized spacial score (nSPS) is 22.8. The number of aryl methyl sites for hydroxylation is 1. The molecule has 110 valence electrons. The van der Waals surface area contributed by atoms with Gasteiger partial charge in [0.2, 0.25) is 0 Å². The van der Waals surface area contributed by atoms with Gasteiger partial charge in [0.25, 0.3) is 5.91 Å². The van der Waals surface area contributed by atoms with E-state index in [2.05, 4.69) is 31.1 Å². The zero-order valence-electron chi connectivity index (χ0n) is 12.8. The van der Waals surface area contributed by atoms with E-state index in [1.54, 1.807) is 6.20 Å². The molecule has 1 aromatic heterocycles. The largest absolute Gasteiger partial charge is 0.377 e. The molecule has 4 heteroatoms. The molecule has 0 unspecified atom stereocenters. The minimum atomic E-state index is -0.0948. The SMILES string of the molecule is Cc1cccnc1C(=O)NC[C@H]1CCO[C@@H]1C(C)(C)C. The van der Waals surface area contributed by atoms with Gasteiger partial charge in [-0.3, -0.25) is 9.78 Å². The Bertz CT molecular complexity index is 480. The van der Waals surface area contributed by atoms with E-state index in [0.717, 1.165) is 18.6 Å². The number of rotatable bonds is 3. The number of nitrogens with one attached hydrogen (secondary N) is 1. The highest BCUT2D eigenvalue weighted by Crippen LogP contribution is 2.34. The van der Waals surface area contributed by atoms with E-state index in [9.17, 15) is 4.79 Å². The monoisotopic (exact) mass is 276 g/mol. The van der Waals surface area contributed by atoms with Crippen LogP contribution < -0.4 is 5.32 Å². The molecule has 1 aromatic rings. The minimum Gasteiger partial charge on any atom is -0.377 e. The van der Waals surface area contributed by atoms with Crippen molar-refractivity contribution in [3.8, 4) is 0 Å². The third-order valence-corrected chi connectivity index (χ3v) is 3.82. The second kappa shape index (κ2) is 5.92. The topological polar surface area (TPSA) is 51.2 Å². The zero-order valence-corrected chi connectivity index (χ0v) is 12.8. The maximum Gasteiger partial charge on any atom is 0.270 e. The van der Waals surface area contributed by atoms with Gasteiger partial charge in [0.05, 0.1) is 6.10 Å². The number of pyridine rings is 1. The number of carbonyl (C=O) groups excluding carboxylic acids is 1. The van der Waals surface area contributed by atoms with Gasteiger partial charge in [-0.2, -0.15) is 0 Å². The summed E-state index contributed by atoms with van der Waals surface area (Å²) >= 11 is 0. The molecule has 0 aromatic carbocycles. The van der Waals surface area contributed by atoms with Crippen molar-refractivity contribution in [1.29, 1.82) is 0 Å². The summed E-state index contributed by atoms with van der Waals surface area (Å²) < 4.78 is 5.82. The van der Waals surface area contributed by atoms with Crippen LogP contribution in [0, 0.1) is 18.3 Å². The Hall–Kier alpha value is -1.42. The number of nitrogens with zero attached hydrogens (tertiary/aromatic N) is 1. The predicted molar refractivity (Wildman–Crippen MR) is 78.6 cm³/mol. The van der Waals surface area contributed by atoms with Gasteiger partial charge in [-0.1, -0.05) is 26.8 Å². The van der Waals surface area contributed by atoms with Crippen LogP contribution in [0.25, 0.3) is 0 Å². The van der Waals surface area contributed by atoms with Gasteiger partial charge >= 0.3 is 0 Å². The molecule has 0 bridgehead atoms. The first-order chi connectivity index (χ1) is 9.39. The lowest BCUT2D eigenvalue weighted by Crippen LogP contribution is -2.39. The molecule has 1 aliphatic rings. The number of hydrogen-bond donors (Lipinski definition) is 1. The van der Waals surface area contributed by atoms with E-state index >= 15 is 0 Å². The van der Waals surface area contributed by atoms with Gasteiger partial charge < -0.3 is 10.1 Å². The number of amides is 1.